The van der Waals surface area contributed by atoms with E-state index in [0.29, 0.717) is 26.2 Å². The predicted molar refractivity (Wildman–Crippen MR) is 156 cm³/mol. The molecule has 12 nitrogen and oxygen atoms in total. The third-order valence-corrected chi connectivity index (χ3v) is 9.43. The Morgan fingerprint density at radius 1 is 1.04 bits per heavy atom. The quantitative estimate of drug-likeness (QED) is 0.375. The van der Waals surface area contributed by atoms with Crippen molar-refractivity contribution < 1.29 is 27.6 Å². The summed E-state index contributed by atoms with van der Waals surface area (Å²) in [6, 6.07) is 4.34. The molecule has 4 N–H and O–H groups in total. The maximum absolute atomic E-state index is 13.7. The molecule has 2 aromatic heterocycles. The molecular weight excluding hydrogens is 615 g/mol. The molecule has 0 radical (unpaired) electrons. The highest BCUT2D eigenvalue weighted by molar-refractivity contribution is 6.34. The molecular formula is C29H31ClF3N9O3. The Balaban J connectivity index is 0.974. The molecule has 4 aliphatic rings. The normalized spacial score (nSPS) is 24.1. The summed E-state index contributed by atoms with van der Waals surface area (Å²) in [5.41, 5.74) is 5.35. The van der Waals surface area contributed by atoms with Crippen LogP contribution >= 0.6 is 11.6 Å². The van der Waals surface area contributed by atoms with Crippen molar-refractivity contribution in [2.24, 2.45) is 24.6 Å². The van der Waals surface area contributed by atoms with E-state index in [2.05, 4.69) is 20.7 Å². The molecule has 2 saturated heterocycles. The van der Waals surface area contributed by atoms with Crippen LogP contribution in [0, 0.1) is 11.8 Å². The average Bonchev–Trinajstić information content (AvgIpc) is 3.58. The number of rotatable bonds is 6. The number of amides is 4. The van der Waals surface area contributed by atoms with E-state index < -0.39 is 17.8 Å². The van der Waals surface area contributed by atoms with E-state index in [0.717, 1.165) is 19.3 Å². The number of carbonyl (C=O) groups excluding carboxylic acids is 3. The van der Waals surface area contributed by atoms with E-state index in [9.17, 15) is 27.6 Å². The number of aromatic nitrogens is 4. The van der Waals surface area contributed by atoms with Crippen LogP contribution in [0.2, 0.25) is 5.02 Å². The van der Waals surface area contributed by atoms with Crippen molar-refractivity contribution in [2.75, 3.05) is 31.5 Å². The molecule has 1 aromatic carbocycles. The minimum Gasteiger partial charge on any atom is -0.349 e. The van der Waals surface area contributed by atoms with E-state index in [1.54, 1.807) is 4.90 Å². The summed E-state index contributed by atoms with van der Waals surface area (Å²) >= 11 is 6.42. The van der Waals surface area contributed by atoms with Gasteiger partial charge in [0.25, 0.3) is 11.8 Å². The summed E-state index contributed by atoms with van der Waals surface area (Å²) in [4.78, 5) is 46.5. The monoisotopic (exact) mass is 645 g/mol. The number of imidazole rings is 1. The van der Waals surface area contributed by atoms with E-state index in [4.69, 9.17) is 17.3 Å². The van der Waals surface area contributed by atoms with Gasteiger partial charge < -0.3 is 30.7 Å². The van der Waals surface area contributed by atoms with Gasteiger partial charge in [0.2, 0.25) is 0 Å². The smallest absolute Gasteiger partial charge is 0.349 e. The molecule has 4 amide bonds. The molecule has 4 atom stereocenters. The minimum absolute atomic E-state index is 0.00146. The van der Waals surface area contributed by atoms with Crippen LogP contribution in [-0.4, -0.2) is 85.2 Å². The van der Waals surface area contributed by atoms with Gasteiger partial charge in [-0.15, -0.1) is 0 Å². The number of hydrogen-bond acceptors (Lipinski definition) is 6. The highest BCUT2D eigenvalue weighted by atomic mass is 35.5. The van der Waals surface area contributed by atoms with Gasteiger partial charge in [-0.25, -0.2) is 9.78 Å². The van der Waals surface area contributed by atoms with E-state index in [1.807, 2.05) is 4.90 Å². The van der Waals surface area contributed by atoms with Gasteiger partial charge in [-0.2, -0.15) is 18.3 Å². The maximum atomic E-state index is 13.7. The highest BCUT2D eigenvalue weighted by Gasteiger charge is 2.58. The zero-order chi connectivity index (χ0) is 31.8. The molecule has 2 aliphatic carbocycles. The second-order valence-corrected chi connectivity index (χ2v) is 12.7. The summed E-state index contributed by atoms with van der Waals surface area (Å²) in [6.07, 6.45) is 0.211. The fourth-order valence-corrected chi connectivity index (χ4v) is 6.70. The van der Waals surface area contributed by atoms with Crippen molar-refractivity contribution in [3.8, 4) is 11.3 Å². The molecule has 2 aliphatic heterocycles. The van der Waals surface area contributed by atoms with Crippen LogP contribution in [0.3, 0.4) is 0 Å². The Hall–Kier alpha value is -4.11. The molecule has 0 spiro atoms. The van der Waals surface area contributed by atoms with Gasteiger partial charge in [-0.3, -0.25) is 14.3 Å². The number of hydrogen-bond donors (Lipinski definition) is 3. The third kappa shape index (κ3) is 5.52. The first-order valence-corrected chi connectivity index (χ1v) is 15.2. The first kappa shape index (κ1) is 29.6. The minimum atomic E-state index is -4.67. The Bertz CT molecular complexity index is 1690. The van der Waals surface area contributed by atoms with Gasteiger partial charge in [0.05, 0.1) is 34.1 Å². The molecule has 0 bridgehead atoms. The number of alkyl halides is 3. The van der Waals surface area contributed by atoms with Crippen molar-refractivity contribution in [1.82, 2.24) is 34.4 Å². The van der Waals surface area contributed by atoms with Crippen LogP contribution in [0.25, 0.3) is 11.3 Å². The predicted octanol–water partition coefficient (Wildman–Crippen LogP) is 3.36. The van der Waals surface area contributed by atoms with E-state index in [-0.39, 0.29) is 75.3 Å². The maximum Gasteiger partial charge on any atom is 0.435 e. The van der Waals surface area contributed by atoms with Gasteiger partial charge in [-0.05, 0) is 37.5 Å². The van der Waals surface area contributed by atoms with Crippen LogP contribution in [0.15, 0.2) is 30.6 Å². The number of nitrogens with one attached hydrogen (secondary N) is 2. The number of carbonyl (C=O) groups is 3. The SMILES string of the molecule is Cn1c(-c2cn(C3CC3)nc2C(F)(F)F)cnc1C(=O)Nc1ccc(C(=O)N[C@H]2[C@@H]3CN(C(=O)N4CC[C@@H](N)C4)C[C@@H]32)c(Cl)c1. The number of fused-ring (bicyclic) bond motifs is 1. The van der Waals surface area contributed by atoms with Crippen molar-refractivity contribution in [1.29, 1.82) is 0 Å². The van der Waals surface area contributed by atoms with Crippen molar-refractivity contribution in [3.05, 3.63) is 52.7 Å². The first-order valence-electron chi connectivity index (χ1n) is 14.8. The number of nitrogens with two attached hydrogens (primary N) is 1. The molecule has 4 heterocycles. The van der Waals surface area contributed by atoms with E-state index >= 15 is 0 Å². The number of likely N-dealkylation sites (tertiary alicyclic amines) is 2. The zero-order valence-electron chi connectivity index (χ0n) is 24.2. The first-order chi connectivity index (χ1) is 21.4. The summed E-state index contributed by atoms with van der Waals surface area (Å²) in [7, 11) is 1.45. The molecule has 238 valence electrons. The summed E-state index contributed by atoms with van der Waals surface area (Å²) < 4.78 is 43.8. The van der Waals surface area contributed by atoms with Crippen LogP contribution in [0.4, 0.5) is 23.7 Å². The molecule has 3 aromatic rings. The lowest BCUT2D eigenvalue weighted by Gasteiger charge is -2.26. The largest absolute Gasteiger partial charge is 0.435 e. The number of nitrogens with zero attached hydrogens (tertiary/aromatic N) is 6. The summed E-state index contributed by atoms with van der Waals surface area (Å²) in [5, 5.41) is 9.53. The number of benzene rings is 1. The van der Waals surface area contributed by atoms with Crippen molar-refractivity contribution in [2.45, 2.75) is 43.6 Å². The third-order valence-electron chi connectivity index (χ3n) is 9.12. The highest BCUT2D eigenvalue weighted by Crippen LogP contribution is 2.46. The van der Waals surface area contributed by atoms with Gasteiger partial charge in [0.15, 0.2) is 11.5 Å². The Kier molecular flexibility index (Phi) is 7.07. The molecule has 7 rings (SSSR count). The standard InChI is InChI=1S/C29H31ClF3N9O3/c1-39-22(20-13-42(16-3-4-16)38-24(20)29(31,32)33)9-35-25(39)27(44)36-15-2-5-17(21(30)8-15)26(43)37-23-18-11-41(12-19(18)23)28(45)40-7-6-14(34)10-40/h2,5,8-9,13-14,16,18-19,23H,3-4,6-7,10-12,34H2,1H3,(H,36,44)(H,37,43)/t14-,18-,19+,23+/m1/s1. The van der Waals surface area contributed by atoms with Gasteiger partial charge in [-0.1, -0.05) is 11.6 Å². The molecule has 45 heavy (non-hydrogen) atoms. The number of halogens is 4. The lowest BCUT2D eigenvalue weighted by Crippen LogP contribution is -2.44. The van der Waals surface area contributed by atoms with Crippen molar-refractivity contribution in [3.63, 3.8) is 0 Å². The van der Waals surface area contributed by atoms with Crippen LogP contribution < -0.4 is 16.4 Å². The second-order valence-electron chi connectivity index (χ2n) is 12.3. The number of urea groups is 1. The topological polar surface area (TPSA) is 143 Å². The lowest BCUT2D eigenvalue weighted by atomic mass is 10.2. The van der Waals surface area contributed by atoms with Crippen molar-refractivity contribution >= 4 is 35.1 Å². The average molecular weight is 646 g/mol. The van der Waals surface area contributed by atoms with Gasteiger partial charge >= 0.3 is 12.2 Å². The molecule has 2 saturated carbocycles. The molecule has 0 unspecified atom stereocenters. The Morgan fingerprint density at radius 3 is 2.40 bits per heavy atom. The summed E-state index contributed by atoms with van der Waals surface area (Å²) in [6.45, 7) is 2.39. The Morgan fingerprint density at radius 2 is 1.78 bits per heavy atom. The fourth-order valence-electron chi connectivity index (χ4n) is 6.44. The zero-order valence-corrected chi connectivity index (χ0v) is 25.0. The number of anilines is 1. The number of piperidine rings is 1. The summed E-state index contributed by atoms with van der Waals surface area (Å²) in [5.74, 6) is -0.771. The molecule has 16 heteroatoms. The van der Waals surface area contributed by atoms with Crippen LogP contribution in [0.1, 0.15) is 52.0 Å². The Labute approximate surface area is 260 Å². The fraction of sp³-hybridized carbons (Fsp3) is 0.483. The van der Waals surface area contributed by atoms with Gasteiger partial charge in [0, 0.05) is 69.0 Å². The van der Waals surface area contributed by atoms with Crippen LogP contribution in [-0.2, 0) is 13.2 Å². The second kappa shape index (κ2) is 10.8. The van der Waals surface area contributed by atoms with Crippen LogP contribution in [0.5, 0.6) is 0 Å². The van der Waals surface area contributed by atoms with Gasteiger partial charge in [0.1, 0.15) is 0 Å². The lowest BCUT2D eigenvalue weighted by molar-refractivity contribution is -0.141. The molecule has 4 fully saturated rings. The van der Waals surface area contributed by atoms with E-state index in [1.165, 1.54) is 46.9 Å².